The van der Waals surface area contributed by atoms with E-state index in [0.29, 0.717) is 12.1 Å². The van der Waals surface area contributed by atoms with Crippen LogP contribution in [0, 0.1) is 5.92 Å². The van der Waals surface area contributed by atoms with Crippen molar-refractivity contribution in [1.29, 1.82) is 0 Å². The molecule has 1 aromatic heterocycles. The van der Waals surface area contributed by atoms with Crippen molar-refractivity contribution in [3.63, 3.8) is 0 Å². The first kappa shape index (κ1) is 15.0. The van der Waals surface area contributed by atoms with Gasteiger partial charge in [0.15, 0.2) is 0 Å². The van der Waals surface area contributed by atoms with E-state index in [1.54, 1.807) is 11.3 Å². The molecule has 1 saturated carbocycles. The van der Waals surface area contributed by atoms with Crippen molar-refractivity contribution in [1.82, 2.24) is 5.32 Å². The Hall–Kier alpha value is -0.380. The van der Waals surface area contributed by atoms with Gasteiger partial charge in [0.2, 0.25) is 0 Å². The lowest BCUT2D eigenvalue weighted by Crippen LogP contribution is -2.38. The van der Waals surface area contributed by atoms with Crippen molar-refractivity contribution in [3.8, 4) is 0 Å². The summed E-state index contributed by atoms with van der Waals surface area (Å²) in [6.07, 6.45) is 6.89. The van der Waals surface area contributed by atoms with Crippen LogP contribution in [0.1, 0.15) is 45.1 Å². The lowest BCUT2D eigenvalue weighted by molar-refractivity contribution is -0.0291. The normalized spacial score (nSPS) is 24.1. The number of hydrogen-bond donors (Lipinski definition) is 1. The van der Waals surface area contributed by atoms with Crippen molar-refractivity contribution >= 4 is 11.3 Å². The van der Waals surface area contributed by atoms with Gasteiger partial charge < -0.3 is 10.1 Å². The molecule has 1 aromatic rings. The second-order valence-electron chi connectivity index (χ2n) is 5.58. The van der Waals surface area contributed by atoms with Crippen LogP contribution in [-0.2, 0) is 11.2 Å². The third kappa shape index (κ3) is 4.90. The lowest BCUT2D eigenvalue weighted by atomic mass is 9.77. The molecular formula is C16H27NOS. The Bertz CT molecular complexity index is 333. The average Bonchev–Trinajstić information content (AvgIpc) is 2.86. The molecule has 0 aromatic carbocycles. The van der Waals surface area contributed by atoms with Crippen LogP contribution in [0.25, 0.3) is 0 Å². The largest absolute Gasteiger partial charge is 0.378 e. The first-order chi connectivity index (χ1) is 9.31. The molecular weight excluding hydrogens is 254 g/mol. The fraction of sp³-hybridized carbons (Fsp3) is 0.750. The Morgan fingerprint density at radius 2 is 2.26 bits per heavy atom. The number of aryl methyl sites for hydroxylation is 1. The molecule has 0 saturated heterocycles. The lowest BCUT2D eigenvalue weighted by Gasteiger charge is -2.37. The third-order valence-electron chi connectivity index (χ3n) is 4.07. The molecule has 1 aliphatic carbocycles. The van der Waals surface area contributed by atoms with Gasteiger partial charge in [-0.1, -0.05) is 6.92 Å². The molecule has 0 spiro atoms. The fourth-order valence-corrected chi connectivity index (χ4v) is 3.71. The Morgan fingerprint density at radius 3 is 2.89 bits per heavy atom. The third-order valence-corrected chi connectivity index (χ3v) is 4.80. The predicted octanol–water partition coefficient (Wildman–Crippen LogP) is 3.86. The summed E-state index contributed by atoms with van der Waals surface area (Å²) in [5.74, 6) is 0.878. The highest BCUT2D eigenvalue weighted by atomic mass is 32.1. The predicted molar refractivity (Wildman–Crippen MR) is 82.9 cm³/mol. The first-order valence-corrected chi connectivity index (χ1v) is 8.62. The SMILES string of the molecule is CCNC(CCc1ccsc1)CC1CC(OCC)C1. The summed E-state index contributed by atoms with van der Waals surface area (Å²) in [4.78, 5) is 0. The molecule has 1 N–H and O–H groups in total. The monoisotopic (exact) mass is 281 g/mol. The van der Waals surface area contributed by atoms with E-state index < -0.39 is 0 Å². The van der Waals surface area contributed by atoms with Crippen LogP contribution in [0.3, 0.4) is 0 Å². The molecule has 108 valence electrons. The zero-order chi connectivity index (χ0) is 13.5. The summed E-state index contributed by atoms with van der Waals surface area (Å²) in [6.45, 7) is 6.25. The zero-order valence-corrected chi connectivity index (χ0v) is 13.0. The number of nitrogens with one attached hydrogen (secondary N) is 1. The zero-order valence-electron chi connectivity index (χ0n) is 12.2. The van der Waals surface area contributed by atoms with E-state index in [1.165, 1.54) is 37.7 Å². The van der Waals surface area contributed by atoms with Crippen molar-refractivity contribution in [3.05, 3.63) is 22.4 Å². The van der Waals surface area contributed by atoms with E-state index in [9.17, 15) is 0 Å². The van der Waals surface area contributed by atoms with Crippen LogP contribution in [0.4, 0.5) is 0 Å². The number of rotatable bonds is 9. The van der Waals surface area contributed by atoms with E-state index in [0.717, 1.165) is 19.1 Å². The van der Waals surface area contributed by atoms with Crippen LogP contribution < -0.4 is 5.32 Å². The van der Waals surface area contributed by atoms with Gasteiger partial charge in [0.1, 0.15) is 0 Å². The van der Waals surface area contributed by atoms with Gasteiger partial charge in [-0.25, -0.2) is 0 Å². The quantitative estimate of drug-likeness (QED) is 0.742. The van der Waals surface area contributed by atoms with E-state index >= 15 is 0 Å². The summed E-state index contributed by atoms with van der Waals surface area (Å²) >= 11 is 1.80. The van der Waals surface area contributed by atoms with Crippen LogP contribution in [-0.4, -0.2) is 25.3 Å². The van der Waals surface area contributed by atoms with Crippen LogP contribution in [0.15, 0.2) is 16.8 Å². The summed E-state index contributed by atoms with van der Waals surface area (Å²) in [6, 6.07) is 2.93. The van der Waals surface area contributed by atoms with E-state index in [1.807, 2.05) is 0 Å². The molecule has 1 atom stereocenters. The number of thiophene rings is 1. The number of ether oxygens (including phenoxy) is 1. The minimum atomic E-state index is 0.550. The molecule has 0 aliphatic heterocycles. The van der Waals surface area contributed by atoms with Gasteiger partial charge in [0.25, 0.3) is 0 Å². The minimum Gasteiger partial charge on any atom is -0.378 e. The average molecular weight is 281 g/mol. The molecule has 1 aliphatic rings. The fourth-order valence-electron chi connectivity index (χ4n) is 3.01. The Labute approximate surface area is 121 Å². The Kier molecular flexibility index (Phi) is 6.35. The van der Waals surface area contributed by atoms with Crippen molar-refractivity contribution in [2.75, 3.05) is 13.2 Å². The maximum atomic E-state index is 5.65. The molecule has 19 heavy (non-hydrogen) atoms. The van der Waals surface area contributed by atoms with Crippen LogP contribution in [0.5, 0.6) is 0 Å². The Morgan fingerprint density at radius 1 is 1.42 bits per heavy atom. The second-order valence-corrected chi connectivity index (χ2v) is 6.36. The minimum absolute atomic E-state index is 0.550. The van der Waals surface area contributed by atoms with Gasteiger partial charge in [0.05, 0.1) is 6.10 Å². The molecule has 3 heteroatoms. The Balaban J connectivity index is 1.68. The molecule has 2 nitrogen and oxygen atoms in total. The van der Waals surface area contributed by atoms with Gasteiger partial charge in [-0.3, -0.25) is 0 Å². The van der Waals surface area contributed by atoms with Gasteiger partial charge in [-0.2, -0.15) is 11.3 Å². The van der Waals surface area contributed by atoms with Gasteiger partial charge in [0, 0.05) is 12.6 Å². The molecule has 0 radical (unpaired) electrons. The highest BCUT2D eigenvalue weighted by Crippen LogP contribution is 2.34. The second kappa shape index (κ2) is 8.03. The standard InChI is InChI=1S/C16H27NOS/c1-3-17-15(6-5-13-7-8-19-12-13)9-14-10-16(11-14)18-4-2/h7-8,12,14-17H,3-6,9-11H2,1-2H3. The molecule has 0 bridgehead atoms. The summed E-state index contributed by atoms with van der Waals surface area (Å²) in [5.41, 5.74) is 1.49. The van der Waals surface area contributed by atoms with Gasteiger partial charge in [-0.05, 0) is 73.9 Å². The maximum Gasteiger partial charge on any atom is 0.0580 e. The molecule has 2 rings (SSSR count). The van der Waals surface area contributed by atoms with E-state index in [2.05, 4.69) is 36.0 Å². The maximum absolute atomic E-state index is 5.65. The number of hydrogen-bond acceptors (Lipinski definition) is 3. The topological polar surface area (TPSA) is 21.3 Å². The van der Waals surface area contributed by atoms with Crippen molar-refractivity contribution in [2.24, 2.45) is 5.92 Å². The molecule has 1 fully saturated rings. The summed E-state index contributed by atoms with van der Waals surface area (Å²) < 4.78 is 5.65. The van der Waals surface area contributed by atoms with E-state index in [-0.39, 0.29) is 0 Å². The molecule has 1 heterocycles. The highest BCUT2D eigenvalue weighted by molar-refractivity contribution is 7.07. The molecule has 0 amide bonds. The highest BCUT2D eigenvalue weighted by Gasteiger charge is 2.31. The summed E-state index contributed by atoms with van der Waals surface area (Å²) in [5, 5.41) is 8.11. The van der Waals surface area contributed by atoms with Crippen LogP contribution >= 0.6 is 11.3 Å². The van der Waals surface area contributed by atoms with Crippen molar-refractivity contribution in [2.45, 2.75) is 58.1 Å². The summed E-state index contributed by atoms with van der Waals surface area (Å²) in [7, 11) is 0. The van der Waals surface area contributed by atoms with Crippen LogP contribution in [0.2, 0.25) is 0 Å². The smallest absolute Gasteiger partial charge is 0.0580 e. The first-order valence-electron chi connectivity index (χ1n) is 7.67. The van der Waals surface area contributed by atoms with E-state index in [4.69, 9.17) is 4.74 Å². The van der Waals surface area contributed by atoms with Crippen molar-refractivity contribution < 1.29 is 4.74 Å². The molecule has 1 unspecified atom stereocenters. The van der Waals surface area contributed by atoms with Gasteiger partial charge in [-0.15, -0.1) is 0 Å². The van der Waals surface area contributed by atoms with Gasteiger partial charge >= 0.3 is 0 Å².